The van der Waals surface area contributed by atoms with Crippen molar-refractivity contribution in [3.63, 3.8) is 0 Å². The lowest BCUT2D eigenvalue weighted by atomic mass is 9.86. The van der Waals surface area contributed by atoms with Gasteiger partial charge in [-0.15, -0.1) is 0 Å². The minimum absolute atomic E-state index is 0.300. The largest absolute Gasteiger partial charge is 0.495 e. The lowest BCUT2D eigenvalue weighted by molar-refractivity contribution is 0.373. The Labute approximate surface area is 161 Å². The van der Waals surface area contributed by atoms with Crippen molar-refractivity contribution in [2.75, 3.05) is 12.0 Å². The summed E-state index contributed by atoms with van der Waals surface area (Å²) in [6, 6.07) is 11.2. The predicted molar refractivity (Wildman–Crippen MR) is 103 cm³/mol. The number of nitrogens with zero attached hydrogens (tertiary/aromatic N) is 2. The molecule has 2 aromatic carbocycles. The normalized spacial score (nSPS) is 24.6. The average molecular weight is 387 g/mol. The molecule has 1 aromatic heterocycles. The second-order valence-electron chi connectivity index (χ2n) is 7.46. The molecule has 5 rings (SSSR count). The third kappa shape index (κ3) is 2.67. The molecule has 0 N–H and O–H groups in total. The molecule has 2 unspecified atom stereocenters. The maximum Gasteiger partial charge on any atom is 0.170 e. The van der Waals surface area contributed by atoms with Crippen LogP contribution in [0.5, 0.6) is 5.75 Å². The van der Waals surface area contributed by atoms with E-state index < -0.39 is 0 Å². The van der Waals surface area contributed by atoms with Crippen LogP contribution in [0.3, 0.4) is 0 Å². The van der Waals surface area contributed by atoms with Crippen LogP contribution in [0.2, 0.25) is 5.02 Å². The van der Waals surface area contributed by atoms with E-state index in [1.807, 2.05) is 18.2 Å². The zero-order chi connectivity index (χ0) is 18.5. The highest BCUT2D eigenvalue weighted by Crippen LogP contribution is 2.50. The van der Waals surface area contributed by atoms with Crippen LogP contribution in [-0.4, -0.2) is 24.4 Å². The molecule has 3 aromatic rings. The minimum atomic E-state index is -0.300. The van der Waals surface area contributed by atoms with Gasteiger partial charge in [-0.05, 0) is 49.9 Å². The van der Waals surface area contributed by atoms with Gasteiger partial charge in [0.15, 0.2) is 5.58 Å². The van der Waals surface area contributed by atoms with Crippen LogP contribution in [0.25, 0.3) is 11.0 Å². The van der Waals surface area contributed by atoms with Gasteiger partial charge in [-0.2, -0.15) is 0 Å². The van der Waals surface area contributed by atoms with Crippen LogP contribution in [0.15, 0.2) is 40.9 Å². The number of benzene rings is 2. The van der Waals surface area contributed by atoms with E-state index in [0.29, 0.717) is 23.6 Å². The van der Waals surface area contributed by atoms with Gasteiger partial charge in [0.05, 0.1) is 23.5 Å². The molecule has 6 heteroatoms. The van der Waals surface area contributed by atoms with Crippen molar-refractivity contribution >= 4 is 28.3 Å². The van der Waals surface area contributed by atoms with Crippen molar-refractivity contribution < 1.29 is 13.7 Å². The Morgan fingerprint density at radius 3 is 2.70 bits per heavy atom. The Kier molecular flexibility index (Phi) is 4.01. The molecule has 0 radical (unpaired) electrons. The second kappa shape index (κ2) is 6.41. The maximum atomic E-state index is 13.5. The summed E-state index contributed by atoms with van der Waals surface area (Å²) in [4.78, 5) is 2.44. The van der Waals surface area contributed by atoms with Crippen molar-refractivity contribution in [2.24, 2.45) is 0 Å². The van der Waals surface area contributed by atoms with Crippen molar-refractivity contribution in [1.82, 2.24) is 5.16 Å². The zero-order valence-electron chi connectivity index (χ0n) is 15.0. The van der Waals surface area contributed by atoms with Crippen LogP contribution in [0.4, 0.5) is 10.1 Å². The Balaban J connectivity index is 1.48. The molecule has 0 spiro atoms. The number of hydrogen-bond donors (Lipinski definition) is 0. The molecule has 2 aliphatic rings. The van der Waals surface area contributed by atoms with Gasteiger partial charge >= 0.3 is 0 Å². The molecule has 2 atom stereocenters. The maximum absolute atomic E-state index is 13.5. The molecule has 140 valence electrons. The van der Waals surface area contributed by atoms with Crippen molar-refractivity contribution in [2.45, 2.75) is 43.7 Å². The highest BCUT2D eigenvalue weighted by atomic mass is 35.5. The molecule has 2 fully saturated rings. The number of ether oxygens (including phenoxy) is 1. The molecular formula is C21H20ClFN2O2. The molecule has 4 nitrogen and oxygen atoms in total. The Morgan fingerprint density at radius 2 is 1.96 bits per heavy atom. The SMILES string of the molecule is COc1cccc(Cl)c1N1C2CCC1CC(c1noc3cc(F)ccc13)C2. The van der Waals surface area contributed by atoms with Gasteiger partial charge < -0.3 is 14.2 Å². The summed E-state index contributed by atoms with van der Waals surface area (Å²) in [6.07, 6.45) is 4.20. The first kappa shape index (κ1) is 16.9. The van der Waals surface area contributed by atoms with E-state index in [1.165, 1.54) is 12.1 Å². The first-order chi connectivity index (χ1) is 13.2. The fourth-order valence-corrected chi connectivity index (χ4v) is 5.16. The van der Waals surface area contributed by atoms with Gasteiger partial charge in [0.1, 0.15) is 11.6 Å². The Bertz CT molecular complexity index is 991. The van der Waals surface area contributed by atoms with Crippen LogP contribution < -0.4 is 9.64 Å². The summed E-state index contributed by atoms with van der Waals surface area (Å²) in [5, 5.41) is 5.94. The number of aromatic nitrogens is 1. The number of fused-ring (bicyclic) bond motifs is 3. The molecule has 0 saturated carbocycles. The van der Waals surface area contributed by atoms with Gasteiger partial charge in [0, 0.05) is 29.5 Å². The van der Waals surface area contributed by atoms with Crippen LogP contribution >= 0.6 is 11.6 Å². The molecule has 0 aliphatic carbocycles. The third-order valence-electron chi connectivity index (χ3n) is 6.01. The fraction of sp³-hybridized carbons (Fsp3) is 0.381. The summed E-state index contributed by atoms with van der Waals surface area (Å²) in [5.41, 5.74) is 2.47. The Hall–Kier alpha value is -2.27. The van der Waals surface area contributed by atoms with E-state index in [1.54, 1.807) is 13.2 Å². The number of methoxy groups -OCH3 is 1. The fourth-order valence-electron chi connectivity index (χ4n) is 4.90. The van der Waals surface area contributed by atoms with Crippen molar-refractivity contribution in [3.05, 3.63) is 52.9 Å². The number of halogens is 2. The number of anilines is 1. The zero-order valence-corrected chi connectivity index (χ0v) is 15.7. The van der Waals surface area contributed by atoms with Crippen LogP contribution in [0.1, 0.15) is 37.3 Å². The standard InChI is InChI=1S/C21H20ClFN2O2/c1-26-18-4-2-3-17(22)21(18)25-14-6-7-15(25)10-12(9-14)20-16-8-5-13(23)11-19(16)27-24-20/h2-5,8,11-12,14-15H,6-7,9-10H2,1H3. The molecule has 0 amide bonds. The van der Waals surface area contributed by atoms with Crippen LogP contribution in [-0.2, 0) is 0 Å². The number of para-hydroxylation sites is 1. The number of piperidine rings is 1. The predicted octanol–water partition coefficient (Wildman–Crippen LogP) is 5.54. The van der Waals surface area contributed by atoms with E-state index in [-0.39, 0.29) is 5.82 Å². The molecule has 3 heterocycles. The third-order valence-corrected chi connectivity index (χ3v) is 6.31. The summed E-state index contributed by atoms with van der Waals surface area (Å²) in [6.45, 7) is 0. The summed E-state index contributed by atoms with van der Waals surface area (Å²) < 4.78 is 24.4. The molecule has 2 bridgehead atoms. The quantitative estimate of drug-likeness (QED) is 0.592. The molecule has 27 heavy (non-hydrogen) atoms. The van der Waals surface area contributed by atoms with Gasteiger partial charge in [0.25, 0.3) is 0 Å². The summed E-state index contributed by atoms with van der Waals surface area (Å²) in [5.74, 6) is 0.824. The van der Waals surface area contributed by atoms with E-state index in [4.69, 9.17) is 20.9 Å². The number of rotatable bonds is 3. The molecule has 2 saturated heterocycles. The van der Waals surface area contributed by atoms with E-state index in [2.05, 4.69) is 10.1 Å². The smallest absolute Gasteiger partial charge is 0.170 e. The highest BCUT2D eigenvalue weighted by molar-refractivity contribution is 6.33. The van der Waals surface area contributed by atoms with Gasteiger partial charge in [0.2, 0.25) is 0 Å². The van der Waals surface area contributed by atoms with Crippen molar-refractivity contribution in [1.29, 1.82) is 0 Å². The van der Waals surface area contributed by atoms with Crippen LogP contribution in [0, 0.1) is 5.82 Å². The molecule has 2 aliphatic heterocycles. The number of hydrogen-bond acceptors (Lipinski definition) is 4. The highest BCUT2D eigenvalue weighted by Gasteiger charge is 2.44. The Morgan fingerprint density at radius 1 is 1.19 bits per heavy atom. The summed E-state index contributed by atoms with van der Waals surface area (Å²) in [7, 11) is 1.68. The summed E-state index contributed by atoms with van der Waals surface area (Å²) >= 11 is 6.54. The van der Waals surface area contributed by atoms with E-state index in [0.717, 1.165) is 53.2 Å². The van der Waals surface area contributed by atoms with Gasteiger partial charge in [-0.1, -0.05) is 22.8 Å². The lowest BCUT2D eigenvalue weighted by Gasteiger charge is -2.41. The first-order valence-electron chi connectivity index (χ1n) is 9.31. The van der Waals surface area contributed by atoms with E-state index >= 15 is 0 Å². The van der Waals surface area contributed by atoms with Crippen molar-refractivity contribution in [3.8, 4) is 5.75 Å². The van der Waals surface area contributed by atoms with Gasteiger partial charge in [-0.3, -0.25) is 0 Å². The molecular weight excluding hydrogens is 367 g/mol. The van der Waals surface area contributed by atoms with E-state index in [9.17, 15) is 4.39 Å². The monoisotopic (exact) mass is 386 g/mol. The minimum Gasteiger partial charge on any atom is -0.495 e. The average Bonchev–Trinajstić information content (AvgIpc) is 3.18. The lowest BCUT2D eigenvalue weighted by Crippen LogP contribution is -2.42. The van der Waals surface area contributed by atoms with Gasteiger partial charge in [-0.25, -0.2) is 4.39 Å². The second-order valence-corrected chi connectivity index (χ2v) is 7.87. The topological polar surface area (TPSA) is 38.5 Å². The first-order valence-corrected chi connectivity index (χ1v) is 9.69.